The van der Waals surface area contributed by atoms with Crippen LogP contribution in [0.5, 0.6) is 0 Å². The fraction of sp³-hybridized carbons (Fsp3) is 0.722. The number of nitrogens with one attached hydrogen (secondary N) is 1. The molecule has 0 aliphatic carbocycles. The third kappa shape index (κ3) is 13.1. The van der Waals surface area contributed by atoms with Gasteiger partial charge in [0, 0.05) is 42.6 Å². The second kappa shape index (κ2) is 19.9. The summed E-state index contributed by atoms with van der Waals surface area (Å²) in [4.78, 5) is 24.4. The maximum Gasteiger partial charge on any atom is 0.407 e. The van der Waals surface area contributed by atoms with Gasteiger partial charge in [0.1, 0.15) is 12.2 Å². The summed E-state index contributed by atoms with van der Waals surface area (Å²) in [5.41, 5.74) is 1.02. The van der Waals surface area contributed by atoms with E-state index in [1.54, 1.807) is 32.1 Å². The predicted molar refractivity (Wildman–Crippen MR) is 178 cm³/mol. The van der Waals surface area contributed by atoms with Crippen molar-refractivity contribution in [1.29, 1.82) is 0 Å². The Labute approximate surface area is 271 Å². The summed E-state index contributed by atoms with van der Waals surface area (Å²) < 4.78 is 11.2. The number of alkyl carbamates (subject to hydrolysis) is 1. The Bertz CT molecular complexity index is 1010. The van der Waals surface area contributed by atoms with Crippen molar-refractivity contribution in [2.24, 2.45) is 41.4 Å². The summed E-state index contributed by atoms with van der Waals surface area (Å²) in [5.74, 6) is -2.40. The van der Waals surface area contributed by atoms with E-state index in [0.717, 1.165) is 12.0 Å². The van der Waals surface area contributed by atoms with Crippen molar-refractivity contribution in [3.05, 3.63) is 48.6 Å². The van der Waals surface area contributed by atoms with Crippen LogP contribution in [0.15, 0.2) is 48.6 Å². The van der Waals surface area contributed by atoms with E-state index in [1.165, 1.54) is 0 Å². The molecule has 1 aliphatic rings. The molecule has 0 saturated carbocycles. The molecule has 0 aromatic carbocycles. The molecule has 258 valence electrons. The van der Waals surface area contributed by atoms with Crippen LogP contribution < -0.4 is 5.32 Å². The number of hydrogen-bond donors (Lipinski definition) is 5. The van der Waals surface area contributed by atoms with Crippen molar-refractivity contribution in [3.8, 4) is 0 Å². The van der Waals surface area contributed by atoms with Gasteiger partial charge in [-0.05, 0) is 32.6 Å². The molecule has 0 aromatic heterocycles. The quantitative estimate of drug-likeness (QED) is 0.0771. The summed E-state index contributed by atoms with van der Waals surface area (Å²) in [6, 6.07) is 0. The fourth-order valence-corrected chi connectivity index (χ4v) is 6.06. The van der Waals surface area contributed by atoms with E-state index in [4.69, 9.17) is 9.47 Å². The Morgan fingerprint density at radius 1 is 1.02 bits per heavy atom. The lowest BCUT2D eigenvalue weighted by Crippen LogP contribution is -2.47. The molecule has 13 atom stereocenters. The number of hydrogen-bond acceptors (Lipinski definition) is 8. The third-order valence-corrected chi connectivity index (χ3v) is 9.13. The molecule has 1 heterocycles. The number of allylic oxidation sites excluding steroid dienone is 3. The van der Waals surface area contributed by atoms with E-state index < -0.39 is 54.6 Å². The summed E-state index contributed by atoms with van der Waals surface area (Å²) in [5, 5.41) is 45.9. The molecule has 1 saturated heterocycles. The number of aliphatic hydroxyl groups excluding tert-OH is 4. The zero-order chi connectivity index (χ0) is 34.4. The molecule has 1 aliphatic heterocycles. The summed E-state index contributed by atoms with van der Waals surface area (Å²) in [7, 11) is 0. The molecule has 0 bridgehead atoms. The predicted octanol–water partition coefficient (Wildman–Crippen LogP) is 5.34. The van der Waals surface area contributed by atoms with Crippen LogP contribution in [0.4, 0.5) is 4.79 Å². The summed E-state index contributed by atoms with van der Waals surface area (Å²) in [6.07, 6.45) is 7.54. The zero-order valence-electron chi connectivity index (χ0n) is 28.9. The van der Waals surface area contributed by atoms with Crippen molar-refractivity contribution in [2.75, 3.05) is 6.54 Å². The van der Waals surface area contributed by atoms with Gasteiger partial charge < -0.3 is 35.2 Å². The summed E-state index contributed by atoms with van der Waals surface area (Å²) in [6.45, 7) is 21.2. The largest absolute Gasteiger partial charge is 0.462 e. The van der Waals surface area contributed by atoms with Crippen LogP contribution in [-0.4, -0.2) is 75.7 Å². The van der Waals surface area contributed by atoms with Crippen LogP contribution in [-0.2, 0) is 14.3 Å². The lowest BCUT2D eigenvalue weighted by molar-refractivity contribution is -0.179. The van der Waals surface area contributed by atoms with Crippen LogP contribution >= 0.6 is 0 Å². The summed E-state index contributed by atoms with van der Waals surface area (Å²) >= 11 is 0. The van der Waals surface area contributed by atoms with Gasteiger partial charge in [-0.2, -0.15) is 0 Å². The molecule has 0 aromatic rings. The highest BCUT2D eigenvalue weighted by atomic mass is 16.6. The highest BCUT2D eigenvalue weighted by Gasteiger charge is 2.41. The van der Waals surface area contributed by atoms with Gasteiger partial charge in [-0.1, -0.05) is 97.1 Å². The number of amides is 1. The first-order valence-electron chi connectivity index (χ1n) is 16.6. The first-order valence-corrected chi connectivity index (χ1v) is 16.6. The molecule has 0 spiro atoms. The molecule has 5 N–H and O–H groups in total. The standard InChI is InChI=1S/C36H61NO8/c1-11-13-14-23(5)34(45-36(43)37-17-12-2)27(9)32(40)25(7)19-21(3)18-24(6)31(39)22(4)15-16-29(38)20-30-26(8)33(41)28(10)35(42)44-30/h11,13-16,18,22-34,38-41H,1,12,17,19-20H2,2-10H3,(H,37,43)/b14-13-,16-15-,21-18-/t22?,23-,24-,25-,26-,27-,28+,29+,30?,31-,32+,33-,34-/m0/s1. The fourth-order valence-electron chi connectivity index (χ4n) is 6.06. The normalized spacial score (nSPS) is 27.1. The monoisotopic (exact) mass is 635 g/mol. The van der Waals surface area contributed by atoms with E-state index in [0.29, 0.717) is 13.0 Å². The van der Waals surface area contributed by atoms with Crippen LogP contribution in [0.25, 0.3) is 0 Å². The van der Waals surface area contributed by atoms with Gasteiger partial charge in [0.05, 0.1) is 30.3 Å². The van der Waals surface area contributed by atoms with Crippen LogP contribution in [0.3, 0.4) is 0 Å². The Hall–Kier alpha value is -2.46. The molecule has 45 heavy (non-hydrogen) atoms. The Kier molecular flexibility index (Phi) is 18.0. The molecular weight excluding hydrogens is 574 g/mol. The van der Waals surface area contributed by atoms with E-state index in [1.807, 2.05) is 66.7 Å². The van der Waals surface area contributed by atoms with Crippen molar-refractivity contribution in [2.45, 2.75) is 118 Å². The smallest absolute Gasteiger partial charge is 0.407 e. The number of ether oxygens (including phenoxy) is 2. The number of carbonyl (C=O) groups excluding carboxylic acids is 2. The average Bonchev–Trinajstić information content (AvgIpc) is 3.00. The number of aliphatic hydroxyl groups is 4. The van der Waals surface area contributed by atoms with Gasteiger partial charge >= 0.3 is 12.1 Å². The van der Waals surface area contributed by atoms with Crippen LogP contribution in [0, 0.1) is 41.4 Å². The zero-order valence-corrected chi connectivity index (χ0v) is 28.9. The minimum absolute atomic E-state index is 0.133. The third-order valence-electron chi connectivity index (χ3n) is 9.13. The molecule has 1 fully saturated rings. The Morgan fingerprint density at radius 2 is 1.67 bits per heavy atom. The van der Waals surface area contributed by atoms with Crippen molar-refractivity contribution >= 4 is 12.1 Å². The number of carbonyl (C=O) groups is 2. The molecule has 2 unspecified atom stereocenters. The average molecular weight is 636 g/mol. The lowest BCUT2D eigenvalue weighted by Gasteiger charge is -2.36. The second-order valence-electron chi connectivity index (χ2n) is 13.3. The van der Waals surface area contributed by atoms with Gasteiger partial charge in [0.25, 0.3) is 0 Å². The van der Waals surface area contributed by atoms with Crippen molar-refractivity contribution < 1.29 is 39.5 Å². The van der Waals surface area contributed by atoms with Gasteiger partial charge in [-0.25, -0.2) is 4.79 Å². The first-order chi connectivity index (χ1) is 21.0. The van der Waals surface area contributed by atoms with E-state index in [2.05, 4.69) is 11.9 Å². The molecule has 1 amide bonds. The second-order valence-corrected chi connectivity index (χ2v) is 13.3. The van der Waals surface area contributed by atoms with E-state index >= 15 is 0 Å². The maximum atomic E-state index is 12.4. The molecular formula is C36H61NO8. The van der Waals surface area contributed by atoms with Gasteiger partial charge in [0.15, 0.2) is 0 Å². The number of rotatable bonds is 18. The highest BCUT2D eigenvalue weighted by molar-refractivity contribution is 5.73. The lowest BCUT2D eigenvalue weighted by atomic mass is 9.81. The minimum atomic E-state index is -0.891. The SMILES string of the molecule is C=C/C=C\[C@H](C)[C@H](OC(=O)NCCC)[C@@H](C)[C@H](O)[C@@H](C)C/C(C)=C\[C@H](C)[C@@H](O)C(C)/C=C\[C@@H](O)CC1OC(=O)[C@H](C)[C@@H](O)[C@H]1C. The number of cyclic esters (lactones) is 1. The van der Waals surface area contributed by atoms with Gasteiger partial charge in [-0.3, -0.25) is 4.79 Å². The molecule has 9 heteroatoms. The van der Waals surface area contributed by atoms with Crippen LogP contribution in [0.2, 0.25) is 0 Å². The first kappa shape index (κ1) is 40.6. The van der Waals surface area contributed by atoms with E-state index in [-0.39, 0.29) is 41.9 Å². The molecule has 1 rings (SSSR count). The highest BCUT2D eigenvalue weighted by Crippen LogP contribution is 2.30. The topological polar surface area (TPSA) is 146 Å². The number of esters is 1. The van der Waals surface area contributed by atoms with Crippen molar-refractivity contribution in [3.63, 3.8) is 0 Å². The molecule has 9 nitrogen and oxygen atoms in total. The molecule has 0 radical (unpaired) electrons. The van der Waals surface area contributed by atoms with E-state index in [9.17, 15) is 30.0 Å². The van der Waals surface area contributed by atoms with Crippen molar-refractivity contribution in [1.82, 2.24) is 5.32 Å². The van der Waals surface area contributed by atoms with Gasteiger partial charge in [-0.15, -0.1) is 0 Å². The van der Waals surface area contributed by atoms with Crippen LogP contribution in [0.1, 0.15) is 81.6 Å². The Balaban J connectivity index is 2.80. The minimum Gasteiger partial charge on any atom is -0.462 e. The Morgan fingerprint density at radius 3 is 2.27 bits per heavy atom. The maximum absolute atomic E-state index is 12.4. The van der Waals surface area contributed by atoms with Gasteiger partial charge in [0.2, 0.25) is 0 Å².